The highest BCUT2D eigenvalue weighted by atomic mass is 16.5. The molecule has 10 heavy (non-hydrogen) atoms. The van der Waals surface area contributed by atoms with Crippen LogP contribution in [0.4, 0.5) is 0 Å². The van der Waals surface area contributed by atoms with Gasteiger partial charge in [0, 0.05) is 7.11 Å². The zero-order chi connectivity index (χ0) is 7.61. The van der Waals surface area contributed by atoms with E-state index in [9.17, 15) is 0 Å². The summed E-state index contributed by atoms with van der Waals surface area (Å²) in [6.45, 7) is 4.52. The lowest BCUT2D eigenvalue weighted by atomic mass is 9.89. The molecule has 60 valence electrons. The maximum atomic E-state index is 5.56. The third-order valence-electron chi connectivity index (χ3n) is 2.91. The first-order valence-electron chi connectivity index (χ1n) is 4.26. The lowest BCUT2D eigenvalue weighted by molar-refractivity contribution is -0.0417. The van der Waals surface area contributed by atoms with E-state index >= 15 is 0 Å². The minimum atomic E-state index is 0.236. The van der Waals surface area contributed by atoms with Crippen LogP contribution in [-0.4, -0.2) is 12.7 Å². The Kier molecular flexibility index (Phi) is 2.35. The normalized spacial score (nSPS) is 24.0. The van der Waals surface area contributed by atoms with Gasteiger partial charge in [-0.05, 0) is 18.8 Å². The Morgan fingerprint density at radius 1 is 1.20 bits per heavy atom. The van der Waals surface area contributed by atoms with Gasteiger partial charge in [-0.1, -0.05) is 26.7 Å². The second-order valence-corrected chi connectivity index (χ2v) is 3.63. The molecule has 0 aromatic carbocycles. The molecule has 1 nitrogen and oxygen atoms in total. The number of hydrogen-bond acceptors (Lipinski definition) is 1. The molecule has 1 aliphatic carbocycles. The molecule has 1 aliphatic rings. The summed E-state index contributed by atoms with van der Waals surface area (Å²) in [6.07, 6.45) is 5.24. The van der Waals surface area contributed by atoms with E-state index in [1.807, 2.05) is 7.11 Å². The van der Waals surface area contributed by atoms with Crippen molar-refractivity contribution in [1.29, 1.82) is 0 Å². The largest absolute Gasteiger partial charge is 0.378 e. The molecule has 1 saturated carbocycles. The smallest absolute Gasteiger partial charge is 0.0701 e. The molecule has 0 atom stereocenters. The fraction of sp³-hybridized carbons (Fsp3) is 1.00. The summed E-state index contributed by atoms with van der Waals surface area (Å²) >= 11 is 0. The molecule has 0 amide bonds. The highest BCUT2D eigenvalue weighted by Gasteiger charge is 2.36. The molecule has 1 rings (SSSR count). The highest BCUT2D eigenvalue weighted by Crippen LogP contribution is 2.38. The van der Waals surface area contributed by atoms with Crippen LogP contribution in [0.3, 0.4) is 0 Å². The van der Waals surface area contributed by atoms with Crippen molar-refractivity contribution in [3.63, 3.8) is 0 Å². The summed E-state index contributed by atoms with van der Waals surface area (Å²) in [7, 11) is 1.85. The standard InChI is InChI=1S/C9H18O/c1-8(2)9(10-3)6-4-5-7-9/h8H,4-7H2,1-3H3. The van der Waals surface area contributed by atoms with Crippen LogP contribution in [0.15, 0.2) is 0 Å². The Morgan fingerprint density at radius 3 is 1.90 bits per heavy atom. The summed E-state index contributed by atoms with van der Waals surface area (Å²) in [4.78, 5) is 0. The maximum absolute atomic E-state index is 5.56. The van der Waals surface area contributed by atoms with Crippen molar-refractivity contribution in [2.75, 3.05) is 7.11 Å². The van der Waals surface area contributed by atoms with Gasteiger partial charge in [-0.3, -0.25) is 0 Å². The van der Waals surface area contributed by atoms with Gasteiger partial charge in [0.2, 0.25) is 0 Å². The molecule has 0 spiro atoms. The second kappa shape index (κ2) is 2.91. The zero-order valence-electron chi connectivity index (χ0n) is 7.31. The monoisotopic (exact) mass is 142 g/mol. The maximum Gasteiger partial charge on any atom is 0.0701 e. The Morgan fingerprint density at radius 2 is 1.70 bits per heavy atom. The SMILES string of the molecule is COC1(C(C)C)CCCC1. The van der Waals surface area contributed by atoms with Gasteiger partial charge in [0.15, 0.2) is 0 Å². The lowest BCUT2D eigenvalue weighted by Gasteiger charge is -2.31. The first kappa shape index (κ1) is 8.06. The highest BCUT2D eigenvalue weighted by molar-refractivity contribution is 4.88. The molecule has 0 unspecified atom stereocenters. The van der Waals surface area contributed by atoms with Crippen molar-refractivity contribution in [2.24, 2.45) is 5.92 Å². The van der Waals surface area contributed by atoms with Crippen LogP contribution in [0.5, 0.6) is 0 Å². The summed E-state index contributed by atoms with van der Waals surface area (Å²) < 4.78 is 5.56. The van der Waals surface area contributed by atoms with Gasteiger partial charge in [0.05, 0.1) is 5.60 Å². The van der Waals surface area contributed by atoms with Crippen molar-refractivity contribution >= 4 is 0 Å². The third-order valence-corrected chi connectivity index (χ3v) is 2.91. The summed E-state index contributed by atoms with van der Waals surface area (Å²) in [5, 5.41) is 0. The number of methoxy groups -OCH3 is 1. The average Bonchev–Trinajstić information content (AvgIpc) is 2.35. The Bertz CT molecular complexity index is 101. The molecule has 0 heterocycles. The fourth-order valence-corrected chi connectivity index (χ4v) is 1.99. The van der Waals surface area contributed by atoms with E-state index in [0.29, 0.717) is 5.92 Å². The molecular weight excluding hydrogens is 124 g/mol. The van der Waals surface area contributed by atoms with Crippen LogP contribution in [0.2, 0.25) is 0 Å². The molecule has 1 heteroatoms. The second-order valence-electron chi connectivity index (χ2n) is 3.63. The van der Waals surface area contributed by atoms with Gasteiger partial charge in [-0.15, -0.1) is 0 Å². The first-order chi connectivity index (χ1) is 4.71. The average molecular weight is 142 g/mol. The number of ether oxygens (including phenoxy) is 1. The Hall–Kier alpha value is -0.0400. The van der Waals surface area contributed by atoms with Gasteiger partial charge in [-0.25, -0.2) is 0 Å². The van der Waals surface area contributed by atoms with E-state index in [1.165, 1.54) is 25.7 Å². The van der Waals surface area contributed by atoms with E-state index in [-0.39, 0.29) is 5.60 Å². The van der Waals surface area contributed by atoms with Crippen molar-refractivity contribution < 1.29 is 4.74 Å². The first-order valence-corrected chi connectivity index (χ1v) is 4.26. The Balaban J connectivity index is 2.58. The number of hydrogen-bond donors (Lipinski definition) is 0. The quantitative estimate of drug-likeness (QED) is 0.576. The topological polar surface area (TPSA) is 9.23 Å². The molecule has 0 N–H and O–H groups in total. The molecule has 0 saturated heterocycles. The summed E-state index contributed by atoms with van der Waals surface area (Å²) in [5.74, 6) is 0.681. The lowest BCUT2D eigenvalue weighted by Crippen LogP contribution is -2.33. The predicted molar refractivity (Wildman–Crippen MR) is 43.0 cm³/mol. The molecule has 0 bridgehead atoms. The van der Waals surface area contributed by atoms with Crippen LogP contribution >= 0.6 is 0 Å². The fourth-order valence-electron chi connectivity index (χ4n) is 1.99. The van der Waals surface area contributed by atoms with Crippen molar-refractivity contribution in [1.82, 2.24) is 0 Å². The van der Waals surface area contributed by atoms with Gasteiger partial charge in [0.1, 0.15) is 0 Å². The molecule has 0 radical (unpaired) electrons. The molecule has 0 aliphatic heterocycles. The van der Waals surface area contributed by atoms with Crippen molar-refractivity contribution in [3.05, 3.63) is 0 Å². The van der Waals surface area contributed by atoms with Crippen LogP contribution in [0.1, 0.15) is 39.5 Å². The van der Waals surface area contributed by atoms with E-state index < -0.39 is 0 Å². The van der Waals surface area contributed by atoms with E-state index in [4.69, 9.17) is 4.74 Å². The minimum absolute atomic E-state index is 0.236. The minimum Gasteiger partial charge on any atom is -0.378 e. The van der Waals surface area contributed by atoms with E-state index in [2.05, 4.69) is 13.8 Å². The predicted octanol–water partition coefficient (Wildman–Crippen LogP) is 2.60. The van der Waals surface area contributed by atoms with Crippen LogP contribution in [0.25, 0.3) is 0 Å². The molecular formula is C9H18O. The van der Waals surface area contributed by atoms with Gasteiger partial charge < -0.3 is 4.74 Å². The van der Waals surface area contributed by atoms with Gasteiger partial charge in [0.25, 0.3) is 0 Å². The van der Waals surface area contributed by atoms with Gasteiger partial charge >= 0.3 is 0 Å². The van der Waals surface area contributed by atoms with E-state index in [1.54, 1.807) is 0 Å². The van der Waals surface area contributed by atoms with Crippen molar-refractivity contribution in [3.8, 4) is 0 Å². The van der Waals surface area contributed by atoms with Crippen molar-refractivity contribution in [2.45, 2.75) is 45.1 Å². The van der Waals surface area contributed by atoms with E-state index in [0.717, 1.165) is 0 Å². The third kappa shape index (κ3) is 1.20. The number of rotatable bonds is 2. The molecule has 1 fully saturated rings. The summed E-state index contributed by atoms with van der Waals surface area (Å²) in [6, 6.07) is 0. The van der Waals surface area contributed by atoms with Gasteiger partial charge in [-0.2, -0.15) is 0 Å². The molecule has 0 aromatic rings. The summed E-state index contributed by atoms with van der Waals surface area (Å²) in [5.41, 5.74) is 0.236. The molecule has 0 aromatic heterocycles. The van der Waals surface area contributed by atoms with Crippen LogP contribution in [0, 0.1) is 5.92 Å². The zero-order valence-corrected chi connectivity index (χ0v) is 7.31. The Labute approximate surface area is 63.8 Å². The van der Waals surface area contributed by atoms with Crippen LogP contribution < -0.4 is 0 Å². The van der Waals surface area contributed by atoms with Crippen LogP contribution in [-0.2, 0) is 4.74 Å².